The van der Waals surface area contributed by atoms with Gasteiger partial charge in [-0.2, -0.15) is 5.10 Å². The van der Waals surface area contributed by atoms with E-state index in [1.54, 1.807) is 0 Å². The van der Waals surface area contributed by atoms with Crippen molar-refractivity contribution in [2.45, 2.75) is 45.8 Å². The van der Waals surface area contributed by atoms with E-state index in [1.165, 1.54) is 0 Å². The number of nitrogens with zero attached hydrogens (tertiary/aromatic N) is 2. The van der Waals surface area contributed by atoms with E-state index in [4.69, 9.17) is 5.73 Å². The van der Waals surface area contributed by atoms with Crippen LogP contribution >= 0.6 is 15.9 Å². The average Bonchev–Trinajstić information content (AvgIpc) is 2.56. The molecule has 92 valence electrons. The van der Waals surface area contributed by atoms with Crippen LogP contribution in [0.3, 0.4) is 0 Å². The number of aromatic nitrogens is 2. The summed E-state index contributed by atoms with van der Waals surface area (Å²) < 4.78 is 16.4. The molecule has 1 unspecified atom stereocenters. The molecule has 5 heteroatoms. The largest absolute Gasteiger partial charge is 0.330 e. The first-order valence-electron chi connectivity index (χ1n) is 5.72. The summed E-state index contributed by atoms with van der Waals surface area (Å²) >= 11 is 3.50. The summed E-state index contributed by atoms with van der Waals surface area (Å²) in [6, 6.07) is 0. The third-order valence-electron chi connectivity index (χ3n) is 2.59. The van der Waals surface area contributed by atoms with Gasteiger partial charge in [-0.15, -0.1) is 0 Å². The number of alkyl halides is 1. The molecule has 0 radical (unpaired) electrons. The highest BCUT2D eigenvalue weighted by Gasteiger charge is 2.17. The van der Waals surface area contributed by atoms with Crippen molar-refractivity contribution in [3.05, 3.63) is 15.9 Å². The molecule has 0 aromatic carbocycles. The highest BCUT2D eigenvalue weighted by atomic mass is 79.9. The second-order valence-electron chi connectivity index (χ2n) is 3.76. The van der Waals surface area contributed by atoms with Crippen LogP contribution in [0.2, 0.25) is 0 Å². The molecule has 0 spiro atoms. The molecule has 0 aliphatic rings. The fraction of sp³-hybridized carbons (Fsp3) is 0.727. The van der Waals surface area contributed by atoms with Gasteiger partial charge in [-0.1, -0.05) is 6.92 Å². The minimum Gasteiger partial charge on any atom is -0.330 e. The van der Waals surface area contributed by atoms with Crippen molar-refractivity contribution < 1.29 is 4.39 Å². The van der Waals surface area contributed by atoms with Crippen LogP contribution in [0.5, 0.6) is 0 Å². The first-order chi connectivity index (χ1) is 7.63. The standard InChI is InChI=1S/C11H19BrFN3/c1-3-9-11(12)10(16(4-2)15-9)7-8(13)5-6-14/h8H,3-7,14H2,1-2H3. The monoisotopic (exact) mass is 291 g/mol. The van der Waals surface area contributed by atoms with Crippen molar-refractivity contribution in [2.75, 3.05) is 6.54 Å². The van der Waals surface area contributed by atoms with Gasteiger partial charge in [0.15, 0.2) is 0 Å². The zero-order chi connectivity index (χ0) is 12.1. The van der Waals surface area contributed by atoms with E-state index in [0.29, 0.717) is 19.4 Å². The first kappa shape index (κ1) is 13.6. The Kier molecular flexibility index (Phi) is 5.41. The maximum absolute atomic E-state index is 13.6. The van der Waals surface area contributed by atoms with Crippen molar-refractivity contribution in [3.8, 4) is 0 Å². The van der Waals surface area contributed by atoms with Crippen LogP contribution in [-0.2, 0) is 19.4 Å². The van der Waals surface area contributed by atoms with Gasteiger partial charge in [0.2, 0.25) is 0 Å². The van der Waals surface area contributed by atoms with Gasteiger partial charge in [0, 0.05) is 13.0 Å². The third-order valence-corrected chi connectivity index (χ3v) is 3.50. The van der Waals surface area contributed by atoms with E-state index >= 15 is 0 Å². The lowest BCUT2D eigenvalue weighted by molar-refractivity contribution is 0.310. The Morgan fingerprint density at radius 2 is 2.19 bits per heavy atom. The van der Waals surface area contributed by atoms with Crippen molar-refractivity contribution in [1.82, 2.24) is 9.78 Å². The van der Waals surface area contributed by atoms with E-state index < -0.39 is 6.17 Å². The Balaban J connectivity index is 2.88. The van der Waals surface area contributed by atoms with Gasteiger partial charge in [-0.05, 0) is 42.2 Å². The Hall–Kier alpha value is -0.420. The predicted octanol–water partition coefficient (Wildman–Crippen LogP) is 2.46. The summed E-state index contributed by atoms with van der Waals surface area (Å²) in [6.45, 7) is 5.21. The second-order valence-corrected chi connectivity index (χ2v) is 4.55. The fourth-order valence-corrected chi connectivity index (χ4v) is 2.43. The predicted molar refractivity (Wildman–Crippen MR) is 67.3 cm³/mol. The highest BCUT2D eigenvalue weighted by molar-refractivity contribution is 9.10. The molecule has 0 saturated heterocycles. The molecule has 0 fully saturated rings. The molecule has 1 atom stereocenters. The normalized spacial score (nSPS) is 13.1. The lowest BCUT2D eigenvalue weighted by atomic mass is 10.1. The average molecular weight is 292 g/mol. The van der Waals surface area contributed by atoms with E-state index in [9.17, 15) is 4.39 Å². The minimum absolute atomic E-state index is 0.388. The first-order valence-corrected chi connectivity index (χ1v) is 6.51. The van der Waals surface area contributed by atoms with Gasteiger partial charge in [0.05, 0.1) is 15.9 Å². The lowest BCUT2D eigenvalue weighted by Crippen LogP contribution is -2.15. The molecule has 1 aromatic heterocycles. The van der Waals surface area contributed by atoms with Gasteiger partial charge in [0.1, 0.15) is 6.17 Å². The molecule has 3 nitrogen and oxygen atoms in total. The number of halogens is 2. The van der Waals surface area contributed by atoms with Gasteiger partial charge in [-0.3, -0.25) is 4.68 Å². The molecule has 1 heterocycles. The zero-order valence-electron chi connectivity index (χ0n) is 9.84. The molecule has 0 saturated carbocycles. The third kappa shape index (κ3) is 3.04. The molecule has 1 aromatic rings. The van der Waals surface area contributed by atoms with Crippen LogP contribution in [0.25, 0.3) is 0 Å². The SMILES string of the molecule is CCc1nn(CC)c(CC(F)CCN)c1Br. The van der Waals surface area contributed by atoms with Crippen molar-refractivity contribution in [1.29, 1.82) is 0 Å². The summed E-state index contributed by atoms with van der Waals surface area (Å²) in [5, 5.41) is 4.43. The summed E-state index contributed by atoms with van der Waals surface area (Å²) in [6.07, 6.45) is 0.767. The Morgan fingerprint density at radius 1 is 1.50 bits per heavy atom. The van der Waals surface area contributed by atoms with Crippen molar-refractivity contribution in [2.24, 2.45) is 5.73 Å². The van der Waals surface area contributed by atoms with Gasteiger partial charge >= 0.3 is 0 Å². The quantitative estimate of drug-likeness (QED) is 0.875. The zero-order valence-corrected chi connectivity index (χ0v) is 11.4. The molecule has 0 aliphatic heterocycles. The smallest absolute Gasteiger partial charge is 0.107 e. The summed E-state index contributed by atoms with van der Waals surface area (Å²) in [5.41, 5.74) is 7.29. The number of hydrogen-bond donors (Lipinski definition) is 1. The van der Waals surface area contributed by atoms with E-state index in [-0.39, 0.29) is 0 Å². The topological polar surface area (TPSA) is 43.8 Å². The van der Waals surface area contributed by atoms with E-state index in [0.717, 1.165) is 28.8 Å². The molecule has 2 N–H and O–H groups in total. The molecular formula is C11H19BrFN3. The van der Waals surface area contributed by atoms with Crippen LogP contribution in [0, 0.1) is 0 Å². The number of nitrogens with two attached hydrogens (primary N) is 1. The van der Waals surface area contributed by atoms with Gasteiger partial charge < -0.3 is 5.73 Å². The number of hydrogen-bond acceptors (Lipinski definition) is 2. The van der Waals surface area contributed by atoms with Crippen LogP contribution in [0.1, 0.15) is 31.7 Å². The Bertz CT molecular complexity index is 338. The van der Waals surface area contributed by atoms with E-state index in [1.807, 2.05) is 18.5 Å². The van der Waals surface area contributed by atoms with Crippen LogP contribution in [0.4, 0.5) is 4.39 Å². The molecule has 1 rings (SSSR count). The molecule has 16 heavy (non-hydrogen) atoms. The van der Waals surface area contributed by atoms with Crippen LogP contribution in [-0.4, -0.2) is 22.5 Å². The highest BCUT2D eigenvalue weighted by Crippen LogP contribution is 2.24. The Morgan fingerprint density at radius 3 is 2.69 bits per heavy atom. The summed E-state index contributed by atoms with van der Waals surface area (Å²) in [7, 11) is 0. The summed E-state index contributed by atoms with van der Waals surface area (Å²) in [4.78, 5) is 0. The van der Waals surface area contributed by atoms with Crippen molar-refractivity contribution in [3.63, 3.8) is 0 Å². The van der Waals surface area contributed by atoms with Crippen LogP contribution in [0.15, 0.2) is 4.47 Å². The van der Waals surface area contributed by atoms with E-state index in [2.05, 4.69) is 21.0 Å². The summed E-state index contributed by atoms with van der Waals surface area (Å²) in [5.74, 6) is 0. The Labute approximate surface area is 104 Å². The molecule has 0 bridgehead atoms. The number of rotatable bonds is 6. The lowest BCUT2D eigenvalue weighted by Gasteiger charge is -2.08. The maximum Gasteiger partial charge on any atom is 0.107 e. The van der Waals surface area contributed by atoms with Crippen LogP contribution < -0.4 is 5.73 Å². The molecule has 0 aliphatic carbocycles. The second kappa shape index (κ2) is 6.35. The molecule has 0 amide bonds. The molecular weight excluding hydrogens is 273 g/mol. The van der Waals surface area contributed by atoms with Crippen molar-refractivity contribution >= 4 is 15.9 Å². The minimum atomic E-state index is -0.881. The maximum atomic E-state index is 13.6. The number of aryl methyl sites for hydroxylation is 2. The van der Waals surface area contributed by atoms with Gasteiger partial charge in [-0.25, -0.2) is 4.39 Å². The van der Waals surface area contributed by atoms with Gasteiger partial charge in [0.25, 0.3) is 0 Å². The fourth-order valence-electron chi connectivity index (χ4n) is 1.71.